The Kier molecular flexibility index (Phi) is 5.46. The molecule has 3 aromatic rings. The average molecular weight is 372 g/mol. The first-order chi connectivity index (χ1) is 12.5. The lowest BCUT2D eigenvalue weighted by Crippen LogP contribution is -2.23. The highest BCUT2D eigenvalue weighted by Crippen LogP contribution is 2.25. The van der Waals surface area contributed by atoms with Gasteiger partial charge < -0.3 is 9.15 Å². The van der Waals surface area contributed by atoms with E-state index in [0.717, 1.165) is 6.42 Å². The first kappa shape index (κ1) is 18.3. The zero-order chi connectivity index (χ0) is 18.7. The fraction of sp³-hybridized carbons (Fsp3) is 0.316. The lowest BCUT2D eigenvalue weighted by molar-refractivity contribution is 0.0599. The third-order valence-electron chi connectivity index (χ3n) is 3.99. The number of aromatic nitrogens is 2. The Bertz CT molecular complexity index is 1010. The van der Waals surface area contributed by atoms with Crippen LogP contribution in [-0.2, 0) is 17.0 Å². The van der Waals surface area contributed by atoms with Gasteiger partial charge in [0.2, 0.25) is 0 Å². The van der Waals surface area contributed by atoms with E-state index >= 15 is 0 Å². The van der Waals surface area contributed by atoms with Crippen molar-refractivity contribution >= 4 is 28.6 Å². The largest absolute Gasteiger partial charge is 0.465 e. The summed E-state index contributed by atoms with van der Waals surface area (Å²) >= 11 is 1.42. The van der Waals surface area contributed by atoms with Crippen LogP contribution in [0.25, 0.3) is 10.9 Å². The van der Waals surface area contributed by atoms with Gasteiger partial charge in [0.15, 0.2) is 5.16 Å². The van der Waals surface area contributed by atoms with Crippen molar-refractivity contribution in [1.82, 2.24) is 9.55 Å². The number of carbonyl (C=O) groups excluding carboxylic acids is 1. The monoisotopic (exact) mass is 372 g/mol. The minimum Gasteiger partial charge on any atom is -0.465 e. The third-order valence-corrected chi connectivity index (χ3v) is 4.99. The Morgan fingerprint density at radius 2 is 2.12 bits per heavy atom. The topological polar surface area (TPSA) is 74.3 Å². The normalized spacial score (nSPS) is 11.0. The lowest BCUT2D eigenvalue weighted by atomic mass is 10.2. The summed E-state index contributed by atoms with van der Waals surface area (Å²) in [7, 11) is 1.34. The second kappa shape index (κ2) is 7.78. The van der Waals surface area contributed by atoms with Gasteiger partial charge in [-0.25, -0.2) is 9.78 Å². The molecule has 0 atom stereocenters. The average Bonchev–Trinajstić information content (AvgIpc) is 3.03. The van der Waals surface area contributed by atoms with Gasteiger partial charge in [0.25, 0.3) is 5.56 Å². The molecule has 3 rings (SSSR count). The number of fused-ring (bicyclic) bond motifs is 1. The summed E-state index contributed by atoms with van der Waals surface area (Å²) in [4.78, 5) is 29.1. The van der Waals surface area contributed by atoms with E-state index in [4.69, 9.17) is 9.15 Å². The quantitative estimate of drug-likeness (QED) is 0.372. The standard InChI is InChI=1S/C19H20N2O4S/c1-4-9-21-17(22)14-7-5-6-8-16(14)20-19(21)26-11-13-10-15(12(2)25-13)18(23)24-3/h5-8,10H,4,9,11H2,1-3H3. The molecule has 0 aliphatic rings. The maximum Gasteiger partial charge on any atom is 0.341 e. The summed E-state index contributed by atoms with van der Waals surface area (Å²) in [5, 5.41) is 1.26. The predicted molar refractivity (Wildman–Crippen MR) is 101 cm³/mol. The third kappa shape index (κ3) is 3.53. The van der Waals surface area contributed by atoms with Crippen molar-refractivity contribution in [2.45, 2.75) is 37.7 Å². The van der Waals surface area contributed by atoms with Crippen LogP contribution in [-0.4, -0.2) is 22.6 Å². The number of nitrogens with zero attached hydrogens (tertiary/aromatic N) is 2. The Balaban J connectivity index is 1.92. The van der Waals surface area contributed by atoms with Crippen molar-refractivity contribution in [3.63, 3.8) is 0 Å². The molecule has 6 nitrogen and oxygen atoms in total. The lowest BCUT2D eigenvalue weighted by Gasteiger charge is -2.11. The van der Waals surface area contributed by atoms with Crippen molar-refractivity contribution in [2.24, 2.45) is 0 Å². The highest BCUT2D eigenvalue weighted by atomic mass is 32.2. The van der Waals surface area contributed by atoms with Gasteiger partial charge in [-0.1, -0.05) is 30.8 Å². The molecule has 0 aliphatic heterocycles. The van der Waals surface area contributed by atoms with E-state index in [0.29, 0.717) is 45.4 Å². The molecule has 0 radical (unpaired) electrons. The number of carbonyl (C=O) groups is 1. The summed E-state index contributed by atoms with van der Waals surface area (Å²) in [6.45, 7) is 4.35. The number of thioether (sulfide) groups is 1. The number of aryl methyl sites for hydroxylation is 1. The summed E-state index contributed by atoms with van der Waals surface area (Å²) in [6.07, 6.45) is 0.833. The summed E-state index contributed by atoms with van der Waals surface area (Å²) in [5.74, 6) is 1.20. The number of para-hydroxylation sites is 1. The van der Waals surface area contributed by atoms with Gasteiger partial charge >= 0.3 is 5.97 Å². The van der Waals surface area contributed by atoms with Crippen LogP contribution < -0.4 is 5.56 Å². The van der Waals surface area contributed by atoms with E-state index in [1.165, 1.54) is 18.9 Å². The van der Waals surface area contributed by atoms with Crippen LogP contribution in [0.3, 0.4) is 0 Å². The van der Waals surface area contributed by atoms with E-state index in [9.17, 15) is 9.59 Å². The number of esters is 1. The van der Waals surface area contributed by atoms with Crippen molar-refractivity contribution in [1.29, 1.82) is 0 Å². The molecule has 0 saturated carbocycles. The summed E-state index contributed by atoms with van der Waals surface area (Å²) < 4.78 is 12.1. The minimum absolute atomic E-state index is 0.0363. The van der Waals surface area contributed by atoms with Crippen molar-refractivity contribution in [2.75, 3.05) is 7.11 Å². The van der Waals surface area contributed by atoms with Crippen molar-refractivity contribution in [3.05, 3.63) is 57.8 Å². The number of hydrogen-bond acceptors (Lipinski definition) is 6. The van der Waals surface area contributed by atoms with Crippen LogP contribution >= 0.6 is 11.8 Å². The fourth-order valence-corrected chi connectivity index (χ4v) is 3.65. The van der Waals surface area contributed by atoms with E-state index in [1.54, 1.807) is 23.6 Å². The number of furan rings is 1. The van der Waals surface area contributed by atoms with Crippen LogP contribution in [0.15, 0.2) is 44.7 Å². The zero-order valence-electron chi connectivity index (χ0n) is 14.9. The highest BCUT2D eigenvalue weighted by molar-refractivity contribution is 7.98. The van der Waals surface area contributed by atoms with E-state index in [-0.39, 0.29) is 5.56 Å². The molecule has 0 bridgehead atoms. The van der Waals surface area contributed by atoms with Crippen LogP contribution in [0.5, 0.6) is 0 Å². The van der Waals surface area contributed by atoms with Crippen LogP contribution in [0, 0.1) is 6.92 Å². The molecule has 136 valence electrons. The van der Waals surface area contributed by atoms with Gasteiger partial charge in [-0.05, 0) is 31.5 Å². The highest BCUT2D eigenvalue weighted by Gasteiger charge is 2.17. The molecule has 26 heavy (non-hydrogen) atoms. The van der Waals surface area contributed by atoms with E-state index < -0.39 is 5.97 Å². The molecule has 0 N–H and O–H groups in total. The number of benzene rings is 1. The Labute approximate surface area is 155 Å². The van der Waals surface area contributed by atoms with Crippen molar-refractivity contribution < 1.29 is 13.9 Å². The van der Waals surface area contributed by atoms with Gasteiger partial charge in [0.1, 0.15) is 17.1 Å². The summed E-state index contributed by atoms with van der Waals surface area (Å²) in [6, 6.07) is 9.02. The first-order valence-corrected chi connectivity index (χ1v) is 9.33. The first-order valence-electron chi connectivity index (χ1n) is 8.35. The molecule has 7 heteroatoms. The molecule has 0 saturated heterocycles. The maximum absolute atomic E-state index is 12.8. The molecule has 0 spiro atoms. The van der Waals surface area contributed by atoms with Crippen LogP contribution in [0.4, 0.5) is 0 Å². The maximum atomic E-state index is 12.8. The molecule has 1 aromatic carbocycles. The summed E-state index contributed by atoms with van der Waals surface area (Å²) in [5.41, 5.74) is 1.06. The second-order valence-corrected chi connectivity index (χ2v) is 6.77. The number of methoxy groups -OCH3 is 1. The van der Waals surface area contributed by atoms with Crippen LogP contribution in [0.2, 0.25) is 0 Å². The van der Waals surface area contributed by atoms with E-state index in [2.05, 4.69) is 4.98 Å². The second-order valence-electron chi connectivity index (χ2n) is 5.83. The number of hydrogen-bond donors (Lipinski definition) is 0. The molecule has 0 aliphatic carbocycles. The van der Waals surface area contributed by atoms with Crippen LogP contribution in [0.1, 0.15) is 35.2 Å². The SMILES string of the molecule is CCCn1c(SCc2cc(C(=O)OC)c(C)o2)nc2ccccc2c1=O. The van der Waals surface area contributed by atoms with Crippen molar-refractivity contribution in [3.8, 4) is 0 Å². The number of rotatable bonds is 6. The Morgan fingerprint density at radius 1 is 1.35 bits per heavy atom. The van der Waals surface area contributed by atoms with Gasteiger partial charge in [-0.15, -0.1) is 0 Å². The molecular weight excluding hydrogens is 352 g/mol. The van der Waals surface area contributed by atoms with Gasteiger partial charge in [0, 0.05) is 6.54 Å². The van der Waals surface area contributed by atoms with Gasteiger partial charge in [0.05, 0.1) is 23.8 Å². The molecule has 2 heterocycles. The molecule has 0 unspecified atom stereocenters. The minimum atomic E-state index is -0.422. The Morgan fingerprint density at radius 3 is 2.85 bits per heavy atom. The molecule has 2 aromatic heterocycles. The van der Waals surface area contributed by atoms with Gasteiger partial charge in [-0.3, -0.25) is 9.36 Å². The van der Waals surface area contributed by atoms with Gasteiger partial charge in [-0.2, -0.15) is 0 Å². The molecule has 0 amide bonds. The number of ether oxygens (including phenoxy) is 1. The van der Waals surface area contributed by atoms with E-state index in [1.807, 2.05) is 25.1 Å². The zero-order valence-corrected chi connectivity index (χ0v) is 15.8. The molecular formula is C19H20N2O4S. The smallest absolute Gasteiger partial charge is 0.341 e. The fourth-order valence-electron chi connectivity index (χ4n) is 2.74. The predicted octanol–water partition coefficient (Wildman–Crippen LogP) is 3.79. The molecule has 0 fully saturated rings. The Hall–Kier alpha value is -2.54.